The summed E-state index contributed by atoms with van der Waals surface area (Å²) >= 11 is 0. The van der Waals surface area contributed by atoms with E-state index in [1.807, 2.05) is 0 Å². The quantitative estimate of drug-likeness (QED) is 0.374. The monoisotopic (exact) mass is 288 g/mol. The van der Waals surface area contributed by atoms with E-state index in [4.69, 9.17) is 0 Å². The van der Waals surface area contributed by atoms with Crippen molar-refractivity contribution in [1.29, 1.82) is 0 Å². The number of hydrogen-bond donors (Lipinski definition) is 0. The fraction of sp³-hybridized carbons (Fsp3) is 0. The molecule has 0 aromatic rings. The summed E-state index contributed by atoms with van der Waals surface area (Å²) in [5, 5.41) is 0. The van der Waals surface area contributed by atoms with Gasteiger partial charge in [-0.1, -0.05) is 0 Å². The summed E-state index contributed by atoms with van der Waals surface area (Å²) < 4.78 is 0. The van der Waals surface area contributed by atoms with Gasteiger partial charge in [-0.2, -0.15) is 0 Å². The van der Waals surface area contributed by atoms with Crippen LogP contribution in [-0.4, -0.2) is 65.7 Å². The van der Waals surface area contributed by atoms with Crippen molar-refractivity contribution in [2.24, 2.45) is 0 Å². The van der Waals surface area contributed by atoms with E-state index in [0.29, 0.717) is 0 Å². The summed E-state index contributed by atoms with van der Waals surface area (Å²) in [6.45, 7) is 0. The minimum Gasteiger partial charge on any atom is -1.00 e. The van der Waals surface area contributed by atoms with Crippen LogP contribution < -0.4 is 88.7 Å². The van der Waals surface area contributed by atoms with Gasteiger partial charge in [0.1, 0.15) is 0 Å². The standard InChI is InChI=1S/3Na.12H2O.3H/h;;;12*1H2;;;/q3*+1;;;;;;;;;;;;;3*-1. The molecule has 12 nitrogen and oxygen atoms in total. The van der Waals surface area contributed by atoms with Crippen molar-refractivity contribution >= 4 is 0 Å². The summed E-state index contributed by atoms with van der Waals surface area (Å²) in [7, 11) is 0. The Labute approximate surface area is 157 Å². The van der Waals surface area contributed by atoms with E-state index in [1.54, 1.807) is 0 Å². The Balaban J connectivity index is 0. The Morgan fingerprint density at radius 2 is 0.200 bits per heavy atom. The Morgan fingerprint density at radius 3 is 0.200 bits per heavy atom. The van der Waals surface area contributed by atoms with Gasteiger partial charge in [-0.15, -0.1) is 0 Å². The molecule has 0 saturated carbocycles. The van der Waals surface area contributed by atoms with E-state index in [-0.39, 0.29) is 159 Å². The molecule has 0 spiro atoms. The molecule has 0 saturated heterocycles. The predicted octanol–water partition coefficient (Wildman–Crippen LogP) is -18.5. The van der Waals surface area contributed by atoms with Gasteiger partial charge in [0, 0.05) is 0 Å². The third kappa shape index (κ3) is 548. The van der Waals surface area contributed by atoms with Gasteiger partial charge < -0.3 is 70.0 Å². The first kappa shape index (κ1) is 753. The van der Waals surface area contributed by atoms with Gasteiger partial charge in [-0.3, -0.25) is 0 Å². The van der Waals surface area contributed by atoms with Crippen molar-refractivity contribution in [2.75, 3.05) is 0 Å². The first-order chi connectivity index (χ1) is 0. The minimum absolute atomic E-state index is 0. The molecular formula is H27Na3O12. The largest absolute Gasteiger partial charge is 1.00 e. The van der Waals surface area contributed by atoms with Crippen LogP contribution in [0.4, 0.5) is 0 Å². The van der Waals surface area contributed by atoms with Gasteiger partial charge in [0.25, 0.3) is 0 Å². The number of rotatable bonds is 0. The van der Waals surface area contributed by atoms with Crippen LogP contribution in [0.1, 0.15) is 4.28 Å². The van der Waals surface area contributed by atoms with Crippen LogP contribution in [0.15, 0.2) is 0 Å². The van der Waals surface area contributed by atoms with Crippen LogP contribution in [0, 0.1) is 0 Å². The molecule has 0 aromatic heterocycles. The van der Waals surface area contributed by atoms with Crippen molar-refractivity contribution in [3.05, 3.63) is 0 Å². The van der Waals surface area contributed by atoms with Crippen LogP contribution in [-0.2, 0) is 0 Å². The molecule has 0 unspecified atom stereocenters. The minimum atomic E-state index is 0. The van der Waals surface area contributed by atoms with Crippen molar-refractivity contribution in [2.45, 2.75) is 0 Å². The van der Waals surface area contributed by atoms with Gasteiger partial charge in [0.15, 0.2) is 0 Å². The smallest absolute Gasteiger partial charge is 1.00 e. The average Bonchev–Trinajstić information content (AvgIpc) is 0. The molecule has 0 atom stereocenters. The Morgan fingerprint density at radius 1 is 0.200 bits per heavy atom. The molecule has 24 N–H and O–H groups in total. The van der Waals surface area contributed by atoms with Gasteiger partial charge >= 0.3 is 88.7 Å². The molecule has 0 aliphatic heterocycles. The Kier molecular flexibility index (Phi) is 31500. The summed E-state index contributed by atoms with van der Waals surface area (Å²) in [5.74, 6) is 0. The average molecular weight is 288 g/mol. The summed E-state index contributed by atoms with van der Waals surface area (Å²) in [6.07, 6.45) is 0. The van der Waals surface area contributed by atoms with E-state index < -0.39 is 0 Å². The number of hydrogen-bond acceptors (Lipinski definition) is 0. The second-order valence-electron chi connectivity index (χ2n) is 0. The molecule has 0 radical (unpaired) electrons. The molecule has 0 aromatic carbocycles. The zero-order valence-corrected chi connectivity index (χ0v) is 15.0. The maximum Gasteiger partial charge on any atom is 1.00 e. The first-order valence-electron chi connectivity index (χ1n) is 0. The van der Waals surface area contributed by atoms with Crippen LogP contribution in [0.5, 0.6) is 0 Å². The van der Waals surface area contributed by atoms with Crippen LogP contribution in [0.25, 0.3) is 0 Å². The molecule has 102 valence electrons. The zero-order valence-electron chi connectivity index (χ0n) is 12.0. The van der Waals surface area contributed by atoms with Crippen molar-refractivity contribution in [1.82, 2.24) is 0 Å². The molecule has 0 aliphatic rings. The summed E-state index contributed by atoms with van der Waals surface area (Å²) in [4.78, 5) is 0. The van der Waals surface area contributed by atoms with E-state index in [0.717, 1.165) is 0 Å². The van der Waals surface area contributed by atoms with Crippen LogP contribution in [0.3, 0.4) is 0 Å². The normalized spacial score (nSPS) is 0. The molecule has 15 heteroatoms. The van der Waals surface area contributed by atoms with Crippen LogP contribution in [0.2, 0.25) is 0 Å². The maximum atomic E-state index is 0. The molecule has 0 heterocycles. The van der Waals surface area contributed by atoms with Gasteiger partial charge in [-0.25, -0.2) is 0 Å². The van der Waals surface area contributed by atoms with Gasteiger partial charge in [0.2, 0.25) is 0 Å². The molecule has 15 heavy (non-hydrogen) atoms. The van der Waals surface area contributed by atoms with Crippen molar-refractivity contribution in [3.8, 4) is 0 Å². The van der Waals surface area contributed by atoms with Gasteiger partial charge in [-0.05, 0) is 0 Å². The molecule has 0 rings (SSSR count). The Bertz CT molecular complexity index is 22.5. The van der Waals surface area contributed by atoms with Crippen molar-refractivity contribution < 1.29 is 159 Å². The topological polar surface area (TPSA) is 378 Å². The van der Waals surface area contributed by atoms with Crippen LogP contribution >= 0.6 is 0 Å². The third-order valence-electron chi connectivity index (χ3n) is 0. The molecule has 0 aliphatic carbocycles. The summed E-state index contributed by atoms with van der Waals surface area (Å²) in [6, 6.07) is 0. The molecule has 0 amide bonds. The Hall–Kier alpha value is 2.52. The van der Waals surface area contributed by atoms with Crippen molar-refractivity contribution in [3.63, 3.8) is 0 Å². The van der Waals surface area contributed by atoms with E-state index in [9.17, 15) is 0 Å². The maximum absolute atomic E-state index is 0. The molecule has 0 fully saturated rings. The third-order valence-corrected chi connectivity index (χ3v) is 0. The fourth-order valence-electron chi connectivity index (χ4n) is 0. The van der Waals surface area contributed by atoms with E-state index >= 15 is 0 Å². The predicted molar refractivity (Wildman–Crippen MR) is 46.7 cm³/mol. The molecule has 0 bridgehead atoms. The van der Waals surface area contributed by atoms with E-state index in [1.165, 1.54) is 0 Å². The first-order valence-corrected chi connectivity index (χ1v) is 0. The van der Waals surface area contributed by atoms with Gasteiger partial charge in [0.05, 0.1) is 0 Å². The SMILES string of the molecule is O.O.O.O.O.O.O.O.O.O.O.O.[H-].[H-].[H-].[Na+].[Na+].[Na+]. The zero-order chi connectivity index (χ0) is 0. The second kappa shape index (κ2) is 627. The molecular weight excluding hydrogens is 261 g/mol. The second-order valence-corrected chi connectivity index (χ2v) is 0. The fourth-order valence-corrected chi connectivity index (χ4v) is 0. The summed E-state index contributed by atoms with van der Waals surface area (Å²) in [5.41, 5.74) is 0. The van der Waals surface area contributed by atoms with E-state index in [2.05, 4.69) is 0 Å².